The maximum Gasteiger partial charge on any atom is 0.222 e. The lowest BCUT2D eigenvalue weighted by Gasteiger charge is -2.05. The van der Waals surface area contributed by atoms with E-state index in [4.69, 9.17) is 10.2 Å². The Hall–Kier alpha value is -3.15. The van der Waals surface area contributed by atoms with Crippen molar-refractivity contribution in [3.8, 4) is 11.5 Å². The first-order valence-corrected chi connectivity index (χ1v) is 7.87. The standard InChI is InChI=1S/C18H17N5O/c19-18-21-15(14-9-5-11-24-14)16-17(22-18)23(12-20-16)10-4-8-13-6-2-1-3-7-13/h1-3,5-7,9,11-12H,4,8,10H2,(H2,19,21,22). The number of anilines is 1. The van der Waals surface area contributed by atoms with Gasteiger partial charge in [0, 0.05) is 6.54 Å². The molecule has 0 aliphatic heterocycles. The van der Waals surface area contributed by atoms with Crippen molar-refractivity contribution in [1.82, 2.24) is 19.5 Å². The van der Waals surface area contributed by atoms with E-state index in [1.807, 2.05) is 22.8 Å². The average molecular weight is 319 g/mol. The van der Waals surface area contributed by atoms with Crippen molar-refractivity contribution in [2.24, 2.45) is 0 Å². The lowest BCUT2D eigenvalue weighted by molar-refractivity contribution is 0.580. The first kappa shape index (κ1) is 14.4. The average Bonchev–Trinajstić information content (AvgIpc) is 3.26. The second-order valence-electron chi connectivity index (χ2n) is 5.61. The Morgan fingerprint density at radius 2 is 1.92 bits per heavy atom. The number of hydrogen-bond acceptors (Lipinski definition) is 5. The third kappa shape index (κ3) is 2.74. The number of furan rings is 1. The summed E-state index contributed by atoms with van der Waals surface area (Å²) in [6, 6.07) is 14.1. The minimum absolute atomic E-state index is 0.221. The molecule has 0 bridgehead atoms. The van der Waals surface area contributed by atoms with Crippen molar-refractivity contribution in [2.75, 3.05) is 5.73 Å². The van der Waals surface area contributed by atoms with Crippen LogP contribution in [0.25, 0.3) is 22.6 Å². The summed E-state index contributed by atoms with van der Waals surface area (Å²) in [5, 5.41) is 0. The molecule has 0 aliphatic carbocycles. The van der Waals surface area contributed by atoms with Crippen molar-refractivity contribution in [2.45, 2.75) is 19.4 Å². The van der Waals surface area contributed by atoms with Gasteiger partial charge in [0.05, 0.1) is 12.6 Å². The van der Waals surface area contributed by atoms with E-state index in [0.29, 0.717) is 17.0 Å². The fourth-order valence-electron chi connectivity index (χ4n) is 2.81. The van der Waals surface area contributed by atoms with E-state index in [9.17, 15) is 0 Å². The number of benzene rings is 1. The number of aromatic nitrogens is 4. The summed E-state index contributed by atoms with van der Waals surface area (Å²) < 4.78 is 7.45. The molecule has 0 saturated carbocycles. The predicted molar refractivity (Wildman–Crippen MR) is 92.2 cm³/mol. The van der Waals surface area contributed by atoms with Gasteiger partial charge < -0.3 is 14.7 Å². The van der Waals surface area contributed by atoms with E-state index in [2.05, 4.69) is 39.2 Å². The van der Waals surface area contributed by atoms with Crippen LogP contribution >= 0.6 is 0 Å². The highest BCUT2D eigenvalue weighted by Crippen LogP contribution is 2.26. The van der Waals surface area contributed by atoms with E-state index in [1.54, 1.807) is 12.6 Å². The van der Waals surface area contributed by atoms with Gasteiger partial charge in [-0.1, -0.05) is 30.3 Å². The molecule has 6 heteroatoms. The molecule has 0 unspecified atom stereocenters. The minimum Gasteiger partial charge on any atom is -0.463 e. The van der Waals surface area contributed by atoms with Gasteiger partial charge in [0.2, 0.25) is 5.95 Å². The second kappa shape index (κ2) is 6.16. The Bertz CT molecular complexity index is 944. The summed E-state index contributed by atoms with van der Waals surface area (Å²) in [5.74, 6) is 0.863. The lowest BCUT2D eigenvalue weighted by Crippen LogP contribution is -2.03. The second-order valence-corrected chi connectivity index (χ2v) is 5.61. The van der Waals surface area contributed by atoms with Crippen LogP contribution in [0.4, 0.5) is 5.95 Å². The molecule has 0 fully saturated rings. The summed E-state index contributed by atoms with van der Waals surface area (Å²) in [4.78, 5) is 13.1. The molecule has 0 atom stereocenters. The summed E-state index contributed by atoms with van der Waals surface area (Å²) in [6.45, 7) is 0.819. The quantitative estimate of drug-likeness (QED) is 0.610. The van der Waals surface area contributed by atoms with Crippen LogP contribution in [0.5, 0.6) is 0 Å². The number of imidazole rings is 1. The Morgan fingerprint density at radius 1 is 1.04 bits per heavy atom. The molecule has 4 aromatic rings. The van der Waals surface area contributed by atoms with Gasteiger partial charge in [0.1, 0.15) is 11.2 Å². The largest absolute Gasteiger partial charge is 0.463 e. The SMILES string of the molecule is Nc1nc(-c2ccco2)c2ncn(CCCc3ccccc3)c2n1. The van der Waals surface area contributed by atoms with Crippen molar-refractivity contribution in [3.63, 3.8) is 0 Å². The first-order chi connectivity index (χ1) is 11.8. The number of rotatable bonds is 5. The molecule has 6 nitrogen and oxygen atoms in total. The van der Waals surface area contributed by atoms with Crippen LogP contribution in [0.15, 0.2) is 59.5 Å². The Balaban J connectivity index is 1.60. The van der Waals surface area contributed by atoms with E-state index >= 15 is 0 Å². The van der Waals surface area contributed by atoms with Crippen molar-refractivity contribution in [1.29, 1.82) is 0 Å². The molecule has 0 aliphatic rings. The molecule has 4 rings (SSSR count). The normalized spacial score (nSPS) is 11.2. The number of fused-ring (bicyclic) bond motifs is 1. The van der Waals surface area contributed by atoms with Crippen LogP contribution in [0.3, 0.4) is 0 Å². The monoisotopic (exact) mass is 319 g/mol. The molecule has 3 aromatic heterocycles. The van der Waals surface area contributed by atoms with Crippen LogP contribution in [-0.2, 0) is 13.0 Å². The van der Waals surface area contributed by atoms with E-state index in [-0.39, 0.29) is 5.95 Å². The third-order valence-electron chi connectivity index (χ3n) is 3.94. The molecule has 0 saturated heterocycles. The Kier molecular flexibility index (Phi) is 3.70. The summed E-state index contributed by atoms with van der Waals surface area (Å²) in [6.07, 6.45) is 5.40. The first-order valence-electron chi connectivity index (χ1n) is 7.87. The van der Waals surface area contributed by atoms with Gasteiger partial charge in [-0.05, 0) is 30.5 Å². The van der Waals surface area contributed by atoms with Crippen molar-refractivity contribution in [3.05, 3.63) is 60.6 Å². The van der Waals surface area contributed by atoms with E-state index < -0.39 is 0 Å². The van der Waals surface area contributed by atoms with Gasteiger partial charge in [0.25, 0.3) is 0 Å². The summed E-state index contributed by atoms with van der Waals surface area (Å²) >= 11 is 0. The van der Waals surface area contributed by atoms with Gasteiger partial charge in [0.15, 0.2) is 11.4 Å². The molecule has 3 heterocycles. The zero-order valence-corrected chi connectivity index (χ0v) is 13.1. The van der Waals surface area contributed by atoms with Crippen LogP contribution in [-0.4, -0.2) is 19.5 Å². The van der Waals surface area contributed by atoms with Gasteiger partial charge >= 0.3 is 0 Å². The number of aryl methyl sites for hydroxylation is 2. The molecular weight excluding hydrogens is 302 g/mol. The van der Waals surface area contributed by atoms with Crippen molar-refractivity contribution >= 4 is 17.1 Å². The lowest BCUT2D eigenvalue weighted by atomic mass is 10.1. The molecular formula is C18H17N5O. The Morgan fingerprint density at radius 3 is 2.71 bits per heavy atom. The summed E-state index contributed by atoms with van der Waals surface area (Å²) in [5.41, 5.74) is 9.27. The van der Waals surface area contributed by atoms with Crippen LogP contribution in [0, 0.1) is 0 Å². The topological polar surface area (TPSA) is 82.8 Å². The van der Waals surface area contributed by atoms with Crippen molar-refractivity contribution < 1.29 is 4.42 Å². The third-order valence-corrected chi connectivity index (χ3v) is 3.94. The van der Waals surface area contributed by atoms with Crippen LogP contribution in [0.1, 0.15) is 12.0 Å². The molecule has 24 heavy (non-hydrogen) atoms. The highest BCUT2D eigenvalue weighted by molar-refractivity contribution is 5.86. The molecule has 2 N–H and O–H groups in total. The van der Waals surface area contributed by atoms with Gasteiger partial charge in [-0.2, -0.15) is 4.98 Å². The Labute approximate surface area is 139 Å². The molecule has 1 aromatic carbocycles. The molecule has 0 radical (unpaired) electrons. The maximum absolute atomic E-state index is 5.87. The van der Waals surface area contributed by atoms with Crippen LogP contribution < -0.4 is 5.73 Å². The van der Waals surface area contributed by atoms with Gasteiger partial charge in [-0.15, -0.1) is 0 Å². The molecule has 0 amide bonds. The zero-order valence-electron chi connectivity index (χ0n) is 13.1. The zero-order chi connectivity index (χ0) is 16.4. The van der Waals surface area contributed by atoms with Crippen LogP contribution in [0.2, 0.25) is 0 Å². The predicted octanol–water partition coefficient (Wildman–Crippen LogP) is 3.30. The number of hydrogen-bond donors (Lipinski definition) is 1. The van der Waals surface area contributed by atoms with Gasteiger partial charge in [-0.3, -0.25) is 0 Å². The maximum atomic E-state index is 5.87. The molecule has 120 valence electrons. The van der Waals surface area contributed by atoms with E-state index in [0.717, 1.165) is 25.0 Å². The number of nitrogens with zero attached hydrogens (tertiary/aromatic N) is 4. The fraction of sp³-hybridized carbons (Fsp3) is 0.167. The number of nitrogens with two attached hydrogens (primary N) is 1. The summed E-state index contributed by atoms with van der Waals surface area (Å²) in [7, 11) is 0. The smallest absolute Gasteiger partial charge is 0.222 e. The van der Waals surface area contributed by atoms with Gasteiger partial charge in [-0.25, -0.2) is 9.97 Å². The number of nitrogen functional groups attached to an aromatic ring is 1. The molecule has 0 spiro atoms. The highest BCUT2D eigenvalue weighted by atomic mass is 16.3. The minimum atomic E-state index is 0.221. The fourth-order valence-corrected chi connectivity index (χ4v) is 2.81. The highest BCUT2D eigenvalue weighted by Gasteiger charge is 2.15. The van der Waals surface area contributed by atoms with E-state index in [1.165, 1.54) is 5.56 Å².